The summed E-state index contributed by atoms with van der Waals surface area (Å²) in [6, 6.07) is 53.9. The minimum atomic E-state index is -0.154. The van der Waals surface area contributed by atoms with Crippen molar-refractivity contribution in [2.75, 3.05) is 4.90 Å². The highest BCUT2D eigenvalue weighted by atomic mass is 15.1. The molecule has 9 rings (SSSR count). The maximum atomic E-state index is 2.55. The zero-order valence-electron chi connectivity index (χ0n) is 28.3. The van der Waals surface area contributed by atoms with E-state index in [2.05, 4.69) is 185 Å². The van der Waals surface area contributed by atoms with Crippen LogP contribution in [-0.4, -0.2) is 0 Å². The van der Waals surface area contributed by atoms with Crippen LogP contribution >= 0.6 is 0 Å². The molecule has 0 heterocycles. The summed E-state index contributed by atoms with van der Waals surface area (Å²) in [5.74, 6) is 0. The van der Waals surface area contributed by atoms with E-state index in [9.17, 15) is 0 Å². The van der Waals surface area contributed by atoms with E-state index in [0.717, 1.165) is 11.4 Å². The third kappa shape index (κ3) is 4.04. The summed E-state index contributed by atoms with van der Waals surface area (Å²) in [7, 11) is 0. The second-order valence-corrected chi connectivity index (χ2v) is 14.6. The fourth-order valence-corrected chi connectivity index (χ4v) is 8.63. The van der Waals surface area contributed by atoms with Gasteiger partial charge in [-0.1, -0.05) is 119 Å². The van der Waals surface area contributed by atoms with Gasteiger partial charge in [0.1, 0.15) is 0 Å². The Hall–Kier alpha value is -5.40. The van der Waals surface area contributed by atoms with Crippen LogP contribution in [-0.2, 0) is 10.8 Å². The first-order valence-electron chi connectivity index (χ1n) is 17.1. The molecule has 0 bridgehead atoms. The Morgan fingerprint density at radius 1 is 0.375 bits per heavy atom. The fraction of sp³-hybridized carbons (Fsp3) is 0.149. The van der Waals surface area contributed by atoms with Gasteiger partial charge in [-0.25, -0.2) is 0 Å². The average molecular weight is 618 g/mol. The molecule has 7 aromatic rings. The Kier molecular flexibility index (Phi) is 6.18. The summed E-state index contributed by atoms with van der Waals surface area (Å²) in [6.45, 7) is 11.9. The molecule has 0 fully saturated rings. The van der Waals surface area contributed by atoms with Crippen molar-refractivity contribution in [2.45, 2.75) is 45.4 Å². The number of fused-ring (bicyclic) bond motifs is 8. The summed E-state index contributed by atoms with van der Waals surface area (Å²) in [5, 5.41) is 2.67. The number of benzene rings is 7. The van der Waals surface area contributed by atoms with Gasteiger partial charge in [-0.15, -0.1) is 0 Å². The van der Waals surface area contributed by atoms with E-state index >= 15 is 0 Å². The molecule has 2 aliphatic rings. The Labute approximate surface area is 284 Å². The van der Waals surface area contributed by atoms with Crippen LogP contribution in [0.25, 0.3) is 44.2 Å². The van der Waals surface area contributed by atoms with Crippen LogP contribution in [0.3, 0.4) is 0 Å². The van der Waals surface area contributed by atoms with Crippen molar-refractivity contribution < 1.29 is 0 Å². The van der Waals surface area contributed by atoms with Crippen molar-refractivity contribution in [3.63, 3.8) is 0 Å². The van der Waals surface area contributed by atoms with Crippen molar-refractivity contribution in [3.05, 3.63) is 173 Å². The Morgan fingerprint density at radius 3 is 1.58 bits per heavy atom. The van der Waals surface area contributed by atoms with Gasteiger partial charge < -0.3 is 4.90 Å². The normalized spacial score (nSPS) is 14.7. The highest BCUT2D eigenvalue weighted by molar-refractivity contribution is 6.10. The fourth-order valence-electron chi connectivity index (χ4n) is 8.63. The quantitative estimate of drug-likeness (QED) is 0.190. The first-order valence-corrected chi connectivity index (χ1v) is 17.1. The van der Waals surface area contributed by atoms with E-state index in [1.54, 1.807) is 0 Å². The number of nitrogens with zero attached hydrogens (tertiary/aromatic N) is 1. The predicted molar refractivity (Wildman–Crippen MR) is 204 cm³/mol. The molecule has 0 aromatic heterocycles. The van der Waals surface area contributed by atoms with Crippen LogP contribution < -0.4 is 4.90 Å². The molecule has 48 heavy (non-hydrogen) atoms. The number of rotatable bonds is 4. The first-order chi connectivity index (χ1) is 23.2. The lowest BCUT2D eigenvalue weighted by atomic mass is 9.78. The Bertz CT molecular complexity index is 2360. The van der Waals surface area contributed by atoms with Gasteiger partial charge in [0.2, 0.25) is 0 Å². The number of hydrogen-bond donors (Lipinski definition) is 0. The summed E-state index contributed by atoms with van der Waals surface area (Å²) >= 11 is 0. The lowest BCUT2D eigenvalue weighted by Gasteiger charge is -2.28. The van der Waals surface area contributed by atoms with Crippen molar-refractivity contribution in [1.29, 1.82) is 0 Å². The first kappa shape index (κ1) is 28.8. The van der Waals surface area contributed by atoms with Crippen LogP contribution in [0.15, 0.2) is 146 Å². The molecule has 2 aliphatic carbocycles. The molecule has 0 aliphatic heterocycles. The molecular formula is C47H39N. The summed E-state index contributed by atoms with van der Waals surface area (Å²) in [5.41, 5.74) is 18.3. The van der Waals surface area contributed by atoms with E-state index in [4.69, 9.17) is 0 Å². The largest absolute Gasteiger partial charge is 0.310 e. The van der Waals surface area contributed by atoms with Gasteiger partial charge in [-0.2, -0.15) is 0 Å². The topological polar surface area (TPSA) is 3.24 Å². The molecule has 0 saturated heterocycles. The lowest BCUT2D eigenvalue weighted by molar-refractivity contribution is 0.652. The van der Waals surface area contributed by atoms with Crippen molar-refractivity contribution >= 4 is 27.8 Å². The van der Waals surface area contributed by atoms with E-state index in [-0.39, 0.29) is 10.8 Å². The van der Waals surface area contributed by atoms with Gasteiger partial charge in [-0.05, 0) is 133 Å². The number of aryl methyl sites for hydroxylation is 1. The van der Waals surface area contributed by atoms with Crippen LogP contribution in [0, 0.1) is 6.92 Å². The second kappa shape index (κ2) is 10.3. The summed E-state index contributed by atoms with van der Waals surface area (Å²) in [4.78, 5) is 2.37. The monoisotopic (exact) mass is 617 g/mol. The summed E-state index contributed by atoms with van der Waals surface area (Å²) in [6.07, 6.45) is 0. The highest BCUT2D eigenvalue weighted by Gasteiger charge is 2.42. The average Bonchev–Trinajstić information content (AvgIpc) is 3.47. The second-order valence-electron chi connectivity index (χ2n) is 14.6. The zero-order chi connectivity index (χ0) is 32.8. The minimum Gasteiger partial charge on any atom is -0.310 e. The van der Waals surface area contributed by atoms with E-state index in [0.29, 0.717) is 0 Å². The SMILES string of the molecule is Cc1ccccc1-c1cc2c(c3ccccc13)-c1cc3c(cc1C2(C)C)-c1ccc(N(c2ccccc2)c2ccccc2)cc1C3(C)C. The molecule has 0 saturated carbocycles. The highest BCUT2D eigenvalue weighted by Crippen LogP contribution is 2.58. The molecule has 232 valence electrons. The molecule has 1 heteroatoms. The van der Waals surface area contributed by atoms with Gasteiger partial charge in [-0.3, -0.25) is 0 Å². The van der Waals surface area contributed by atoms with Gasteiger partial charge >= 0.3 is 0 Å². The van der Waals surface area contributed by atoms with Gasteiger partial charge in [0.05, 0.1) is 0 Å². The molecule has 1 nitrogen and oxygen atoms in total. The molecule has 0 spiro atoms. The van der Waals surface area contributed by atoms with E-state index < -0.39 is 0 Å². The zero-order valence-corrected chi connectivity index (χ0v) is 28.3. The maximum Gasteiger partial charge on any atom is 0.0465 e. The molecule has 0 amide bonds. The van der Waals surface area contributed by atoms with Gasteiger partial charge in [0.25, 0.3) is 0 Å². The summed E-state index contributed by atoms with van der Waals surface area (Å²) < 4.78 is 0. The van der Waals surface area contributed by atoms with E-state index in [1.165, 1.54) is 77.7 Å². The molecular weight excluding hydrogens is 579 g/mol. The van der Waals surface area contributed by atoms with Crippen molar-refractivity contribution in [1.82, 2.24) is 0 Å². The van der Waals surface area contributed by atoms with Crippen molar-refractivity contribution in [3.8, 4) is 33.4 Å². The molecule has 0 unspecified atom stereocenters. The van der Waals surface area contributed by atoms with Gasteiger partial charge in [0.15, 0.2) is 0 Å². The molecule has 0 atom stereocenters. The number of para-hydroxylation sites is 2. The lowest BCUT2D eigenvalue weighted by Crippen LogP contribution is -2.17. The minimum absolute atomic E-state index is 0.134. The smallest absolute Gasteiger partial charge is 0.0465 e. The molecule has 0 N–H and O–H groups in total. The Balaban J connectivity index is 1.23. The third-order valence-corrected chi connectivity index (χ3v) is 11.2. The Morgan fingerprint density at radius 2 is 0.896 bits per heavy atom. The van der Waals surface area contributed by atoms with Crippen LogP contribution in [0.5, 0.6) is 0 Å². The maximum absolute atomic E-state index is 2.55. The van der Waals surface area contributed by atoms with E-state index in [1.807, 2.05) is 0 Å². The standard InChI is InChI=1S/C47H39N/c1-30-16-12-13-21-34(30)38-27-44-45(37-23-15-14-22-35(37)38)40-29-42-39(28-43(40)47(44,4)5)36-25-24-33(26-41(36)46(42,2)3)48(31-17-8-6-9-18-31)32-19-10-7-11-20-32/h6-29H,1-5H3. The molecule has 7 aromatic carbocycles. The van der Waals surface area contributed by atoms with Crippen LogP contribution in [0.1, 0.15) is 55.5 Å². The number of hydrogen-bond acceptors (Lipinski definition) is 1. The predicted octanol–water partition coefficient (Wildman–Crippen LogP) is 12.9. The van der Waals surface area contributed by atoms with Crippen LogP contribution in [0.2, 0.25) is 0 Å². The van der Waals surface area contributed by atoms with Gasteiger partial charge in [0, 0.05) is 27.9 Å². The molecule has 0 radical (unpaired) electrons. The third-order valence-electron chi connectivity index (χ3n) is 11.2. The van der Waals surface area contributed by atoms with Crippen molar-refractivity contribution in [2.24, 2.45) is 0 Å². The van der Waals surface area contributed by atoms with Crippen LogP contribution in [0.4, 0.5) is 17.1 Å². The number of anilines is 3.